The van der Waals surface area contributed by atoms with Crippen LogP contribution in [0.4, 0.5) is 4.79 Å². The van der Waals surface area contributed by atoms with Crippen LogP contribution in [0.1, 0.15) is 38.5 Å². The van der Waals surface area contributed by atoms with E-state index >= 15 is 0 Å². The first-order chi connectivity index (χ1) is 7.29. The highest BCUT2D eigenvalue weighted by Gasteiger charge is 2.31. The average Bonchev–Trinajstić information content (AvgIpc) is 2.30. The Kier molecular flexibility index (Phi) is 3.46. The van der Waals surface area contributed by atoms with Crippen molar-refractivity contribution in [2.24, 2.45) is 0 Å². The average molecular weight is 212 g/mol. The zero-order chi connectivity index (χ0) is 10.7. The molecular formula is C11H20N2O2. The molecule has 86 valence electrons. The smallest absolute Gasteiger partial charge is 0.408 e. The minimum absolute atomic E-state index is 0.163. The summed E-state index contributed by atoms with van der Waals surface area (Å²) >= 11 is 0. The summed E-state index contributed by atoms with van der Waals surface area (Å²) in [6.07, 6.45) is 6.39. The van der Waals surface area contributed by atoms with Crippen molar-refractivity contribution in [3.05, 3.63) is 0 Å². The molecule has 4 nitrogen and oxygen atoms in total. The predicted molar refractivity (Wildman–Crippen MR) is 57.8 cm³/mol. The molecule has 2 rings (SSSR count). The number of carbonyl (C=O) groups is 1. The number of amides is 1. The van der Waals surface area contributed by atoms with Gasteiger partial charge in [-0.25, -0.2) is 4.79 Å². The fourth-order valence-electron chi connectivity index (χ4n) is 2.73. The number of hydrogen-bond donors (Lipinski definition) is 1. The van der Waals surface area contributed by atoms with E-state index in [1.807, 2.05) is 0 Å². The molecule has 1 atom stereocenters. The van der Waals surface area contributed by atoms with Gasteiger partial charge in [-0.1, -0.05) is 6.42 Å². The maximum atomic E-state index is 11.1. The molecule has 0 radical (unpaired) electrons. The lowest BCUT2D eigenvalue weighted by Gasteiger charge is -2.42. The number of rotatable bonds is 1. The SMILES string of the molecule is O=C(O)N1CCCCC1N1CCCCC1. The van der Waals surface area contributed by atoms with Gasteiger partial charge in [-0.05, 0) is 32.1 Å². The van der Waals surface area contributed by atoms with Crippen LogP contribution in [0.25, 0.3) is 0 Å². The van der Waals surface area contributed by atoms with E-state index in [1.54, 1.807) is 4.90 Å². The van der Waals surface area contributed by atoms with Gasteiger partial charge in [-0.15, -0.1) is 0 Å². The van der Waals surface area contributed by atoms with Gasteiger partial charge in [0, 0.05) is 19.6 Å². The first-order valence-corrected chi connectivity index (χ1v) is 6.02. The van der Waals surface area contributed by atoms with Crippen LogP contribution in [0, 0.1) is 0 Å². The molecule has 15 heavy (non-hydrogen) atoms. The van der Waals surface area contributed by atoms with Gasteiger partial charge in [0.1, 0.15) is 0 Å². The van der Waals surface area contributed by atoms with Gasteiger partial charge in [0.2, 0.25) is 0 Å². The topological polar surface area (TPSA) is 43.8 Å². The summed E-state index contributed by atoms with van der Waals surface area (Å²) in [5.74, 6) is 0. The molecular weight excluding hydrogens is 192 g/mol. The molecule has 1 amide bonds. The third-order valence-electron chi connectivity index (χ3n) is 3.53. The van der Waals surface area contributed by atoms with Gasteiger partial charge < -0.3 is 5.11 Å². The molecule has 2 aliphatic heterocycles. The Bertz CT molecular complexity index is 227. The van der Waals surface area contributed by atoms with Gasteiger partial charge in [-0.3, -0.25) is 9.80 Å². The zero-order valence-corrected chi connectivity index (χ0v) is 9.19. The second-order valence-electron chi connectivity index (χ2n) is 4.55. The quantitative estimate of drug-likeness (QED) is 0.722. The van der Waals surface area contributed by atoms with E-state index in [1.165, 1.54) is 25.7 Å². The molecule has 0 aliphatic carbocycles. The van der Waals surface area contributed by atoms with Gasteiger partial charge >= 0.3 is 6.09 Å². The van der Waals surface area contributed by atoms with E-state index in [4.69, 9.17) is 5.11 Å². The second kappa shape index (κ2) is 4.84. The zero-order valence-electron chi connectivity index (χ0n) is 9.19. The van der Waals surface area contributed by atoms with Gasteiger partial charge in [0.05, 0.1) is 6.17 Å². The van der Waals surface area contributed by atoms with Crippen LogP contribution in [0.5, 0.6) is 0 Å². The van der Waals surface area contributed by atoms with Gasteiger partial charge in [-0.2, -0.15) is 0 Å². The molecule has 2 heterocycles. The van der Waals surface area contributed by atoms with E-state index < -0.39 is 6.09 Å². The number of carboxylic acid groups (broad SMARTS) is 1. The van der Waals surface area contributed by atoms with E-state index in [-0.39, 0.29) is 6.17 Å². The molecule has 0 aromatic heterocycles. The Morgan fingerprint density at radius 3 is 2.33 bits per heavy atom. The van der Waals surface area contributed by atoms with E-state index in [0.717, 1.165) is 32.5 Å². The van der Waals surface area contributed by atoms with Crippen LogP contribution < -0.4 is 0 Å². The standard InChI is InChI=1S/C11H20N2O2/c14-11(15)13-9-5-2-6-10(13)12-7-3-1-4-8-12/h10H,1-9H2,(H,14,15). The van der Waals surface area contributed by atoms with E-state index in [2.05, 4.69) is 4.90 Å². The molecule has 1 N–H and O–H groups in total. The molecule has 0 aromatic carbocycles. The summed E-state index contributed by atoms with van der Waals surface area (Å²) in [5, 5.41) is 9.14. The maximum absolute atomic E-state index is 11.1. The summed E-state index contributed by atoms with van der Waals surface area (Å²) in [4.78, 5) is 15.1. The minimum atomic E-state index is -0.745. The highest BCUT2D eigenvalue weighted by molar-refractivity contribution is 5.65. The van der Waals surface area contributed by atoms with Crippen molar-refractivity contribution >= 4 is 6.09 Å². The predicted octanol–water partition coefficient (Wildman–Crippen LogP) is 1.96. The Hall–Kier alpha value is -0.770. The molecule has 2 aliphatic rings. The first-order valence-electron chi connectivity index (χ1n) is 6.02. The maximum Gasteiger partial charge on any atom is 0.408 e. The molecule has 4 heteroatoms. The summed E-state index contributed by atoms with van der Waals surface area (Å²) in [7, 11) is 0. The van der Waals surface area contributed by atoms with Crippen LogP contribution >= 0.6 is 0 Å². The van der Waals surface area contributed by atoms with Crippen LogP contribution in [0.2, 0.25) is 0 Å². The fourth-order valence-corrected chi connectivity index (χ4v) is 2.73. The lowest BCUT2D eigenvalue weighted by atomic mass is 10.0. The molecule has 0 spiro atoms. The number of nitrogens with zero attached hydrogens (tertiary/aromatic N) is 2. The molecule has 2 saturated heterocycles. The van der Waals surface area contributed by atoms with Crippen LogP contribution in [0.3, 0.4) is 0 Å². The van der Waals surface area contributed by atoms with E-state index in [0.29, 0.717) is 0 Å². The van der Waals surface area contributed by atoms with Crippen molar-refractivity contribution in [2.45, 2.75) is 44.7 Å². The van der Waals surface area contributed by atoms with Crippen LogP contribution in [-0.4, -0.2) is 46.8 Å². The van der Waals surface area contributed by atoms with E-state index in [9.17, 15) is 4.79 Å². The van der Waals surface area contributed by atoms with Crippen molar-refractivity contribution in [3.63, 3.8) is 0 Å². The molecule has 0 saturated carbocycles. The van der Waals surface area contributed by atoms with Gasteiger partial charge in [0.15, 0.2) is 0 Å². The lowest BCUT2D eigenvalue weighted by Crippen LogP contribution is -2.54. The Morgan fingerprint density at radius 2 is 1.67 bits per heavy atom. The molecule has 0 bridgehead atoms. The van der Waals surface area contributed by atoms with Crippen LogP contribution in [0.15, 0.2) is 0 Å². The summed E-state index contributed by atoms with van der Waals surface area (Å²) in [6.45, 7) is 2.87. The van der Waals surface area contributed by atoms with Gasteiger partial charge in [0.25, 0.3) is 0 Å². The van der Waals surface area contributed by atoms with Crippen molar-refractivity contribution in [2.75, 3.05) is 19.6 Å². The first kappa shape index (κ1) is 10.7. The lowest BCUT2D eigenvalue weighted by molar-refractivity contribution is 0.0107. The largest absolute Gasteiger partial charge is 0.465 e. The van der Waals surface area contributed by atoms with Crippen molar-refractivity contribution in [1.29, 1.82) is 0 Å². The highest BCUT2D eigenvalue weighted by Crippen LogP contribution is 2.23. The summed E-state index contributed by atoms with van der Waals surface area (Å²) < 4.78 is 0. The van der Waals surface area contributed by atoms with Crippen LogP contribution in [-0.2, 0) is 0 Å². The number of likely N-dealkylation sites (tertiary alicyclic amines) is 2. The number of piperidine rings is 2. The Labute approximate surface area is 90.9 Å². The molecule has 2 fully saturated rings. The van der Waals surface area contributed by atoms with Crippen molar-refractivity contribution in [1.82, 2.24) is 9.80 Å². The summed E-state index contributed by atoms with van der Waals surface area (Å²) in [6, 6.07) is 0. The fraction of sp³-hybridized carbons (Fsp3) is 0.909. The Morgan fingerprint density at radius 1 is 1.00 bits per heavy atom. The molecule has 0 aromatic rings. The summed E-state index contributed by atoms with van der Waals surface area (Å²) in [5.41, 5.74) is 0. The van der Waals surface area contributed by atoms with Crippen molar-refractivity contribution in [3.8, 4) is 0 Å². The third-order valence-corrected chi connectivity index (χ3v) is 3.53. The molecule has 1 unspecified atom stereocenters. The van der Waals surface area contributed by atoms with Crippen molar-refractivity contribution < 1.29 is 9.90 Å². The minimum Gasteiger partial charge on any atom is -0.465 e. The second-order valence-corrected chi connectivity index (χ2v) is 4.55. The number of hydrogen-bond acceptors (Lipinski definition) is 2. The monoisotopic (exact) mass is 212 g/mol. The normalized spacial score (nSPS) is 29.1. The highest BCUT2D eigenvalue weighted by atomic mass is 16.4. The Balaban J connectivity index is 1.99. The third kappa shape index (κ3) is 2.43.